The summed E-state index contributed by atoms with van der Waals surface area (Å²) in [6.45, 7) is 0. The number of carbonyl (C=O) groups is 2. The van der Waals surface area contributed by atoms with Gasteiger partial charge in [0.2, 0.25) is 0 Å². The third-order valence-electron chi connectivity index (χ3n) is 4.60. The first-order valence-corrected chi connectivity index (χ1v) is 10.7. The highest BCUT2D eigenvalue weighted by Gasteiger charge is 2.35. The van der Waals surface area contributed by atoms with Crippen molar-refractivity contribution in [2.75, 3.05) is 12.0 Å². The summed E-state index contributed by atoms with van der Waals surface area (Å²) in [6.07, 6.45) is 1.57. The van der Waals surface area contributed by atoms with Gasteiger partial charge >= 0.3 is 0 Å². The largest absolute Gasteiger partial charge is 0.495 e. The van der Waals surface area contributed by atoms with Gasteiger partial charge in [0.25, 0.3) is 11.8 Å². The molecule has 1 saturated heterocycles. The molecule has 1 N–H and O–H groups in total. The number of ether oxygens (including phenoxy) is 1. The number of hydrogen-bond acceptors (Lipinski definition) is 5. The van der Waals surface area contributed by atoms with E-state index >= 15 is 0 Å². The van der Waals surface area contributed by atoms with E-state index in [0.29, 0.717) is 11.4 Å². The molecule has 0 spiro atoms. The third kappa shape index (κ3) is 4.52. The zero-order valence-corrected chi connectivity index (χ0v) is 18.2. The Balaban J connectivity index is 1.61. The fraction of sp³-hybridized carbons (Fsp3) is 0.0417. The molecule has 1 aliphatic heterocycles. The first-order valence-electron chi connectivity index (χ1n) is 9.44. The highest BCUT2D eigenvalue weighted by atomic mass is 32.2. The summed E-state index contributed by atoms with van der Waals surface area (Å²) < 4.78 is 5.35. The second-order valence-corrected chi connectivity index (χ2v) is 8.15. The molecule has 0 radical (unpaired) electrons. The van der Waals surface area contributed by atoms with Crippen molar-refractivity contribution in [3.05, 3.63) is 90.0 Å². The smallest absolute Gasteiger partial charge is 0.270 e. The number of anilines is 1. The first kappa shape index (κ1) is 20.8. The summed E-state index contributed by atoms with van der Waals surface area (Å²) in [4.78, 5) is 29.2. The van der Waals surface area contributed by atoms with Gasteiger partial charge in [-0.2, -0.15) is 0 Å². The molecule has 1 heterocycles. The molecule has 0 aliphatic carbocycles. The molecule has 0 aromatic heterocycles. The SMILES string of the molecule is COc1ccccc1N1C(=O)/C(=C/c2ccc(Sc3ccccc3)cc2)C(=O)NC1=S. The van der Waals surface area contributed by atoms with Crippen molar-refractivity contribution in [3.8, 4) is 5.75 Å². The number of rotatable bonds is 5. The summed E-state index contributed by atoms with van der Waals surface area (Å²) in [5, 5.41) is 2.61. The molecular formula is C24H18N2O3S2. The number of benzene rings is 3. The molecule has 0 atom stereocenters. The topological polar surface area (TPSA) is 58.6 Å². The lowest BCUT2D eigenvalue weighted by Crippen LogP contribution is -2.54. The van der Waals surface area contributed by atoms with E-state index in [1.165, 1.54) is 12.0 Å². The van der Waals surface area contributed by atoms with E-state index in [-0.39, 0.29) is 10.7 Å². The van der Waals surface area contributed by atoms with Crippen molar-refractivity contribution >= 4 is 52.7 Å². The highest BCUT2D eigenvalue weighted by molar-refractivity contribution is 7.99. The number of methoxy groups -OCH3 is 1. The second kappa shape index (κ2) is 9.16. The van der Waals surface area contributed by atoms with Crippen LogP contribution in [0, 0.1) is 0 Å². The summed E-state index contributed by atoms with van der Waals surface area (Å²) in [5.74, 6) is -0.541. The molecule has 2 amide bonds. The minimum absolute atomic E-state index is 0.00275. The van der Waals surface area contributed by atoms with Crippen molar-refractivity contribution in [1.82, 2.24) is 5.32 Å². The summed E-state index contributed by atoms with van der Waals surface area (Å²) in [7, 11) is 1.51. The molecule has 31 heavy (non-hydrogen) atoms. The van der Waals surface area contributed by atoms with Crippen LogP contribution in [0.15, 0.2) is 94.2 Å². The zero-order chi connectivity index (χ0) is 21.8. The summed E-state index contributed by atoms with van der Waals surface area (Å²) in [5.41, 5.74) is 1.21. The fourth-order valence-corrected chi connectivity index (χ4v) is 4.23. The molecule has 3 aromatic carbocycles. The highest BCUT2D eigenvalue weighted by Crippen LogP contribution is 2.31. The predicted octanol–water partition coefficient (Wildman–Crippen LogP) is 4.68. The Hall–Kier alpha value is -3.42. The molecule has 1 aliphatic rings. The van der Waals surface area contributed by atoms with Gasteiger partial charge in [-0.05, 0) is 60.3 Å². The average Bonchev–Trinajstić information content (AvgIpc) is 2.78. The van der Waals surface area contributed by atoms with Gasteiger partial charge < -0.3 is 4.74 Å². The monoisotopic (exact) mass is 446 g/mol. The predicted molar refractivity (Wildman–Crippen MR) is 126 cm³/mol. The van der Waals surface area contributed by atoms with Crippen LogP contribution in [0.3, 0.4) is 0 Å². The van der Waals surface area contributed by atoms with Crippen LogP contribution in [-0.2, 0) is 9.59 Å². The van der Waals surface area contributed by atoms with Crippen LogP contribution in [0.1, 0.15) is 5.56 Å². The first-order chi connectivity index (χ1) is 15.1. The third-order valence-corrected chi connectivity index (χ3v) is 5.90. The van der Waals surface area contributed by atoms with E-state index in [1.54, 1.807) is 42.1 Å². The Kier molecular flexibility index (Phi) is 6.16. The van der Waals surface area contributed by atoms with E-state index in [0.717, 1.165) is 15.4 Å². The molecule has 154 valence electrons. The van der Waals surface area contributed by atoms with Crippen LogP contribution < -0.4 is 15.0 Å². The Morgan fingerprint density at radius 3 is 2.26 bits per heavy atom. The molecular weight excluding hydrogens is 428 g/mol. The number of para-hydroxylation sites is 2. The lowest BCUT2D eigenvalue weighted by molar-refractivity contribution is -0.122. The van der Waals surface area contributed by atoms with Crippen molar-refractivity contribution in [2.24, 2.45) is 0 Å². The van der Waals surface area contributed by atoms with Crippen LogP contribution in [0.2, 0.25) is 0 Å². The van der Waals surface area contributed by atoms with Gasteiger partial charge in [-0.3, -0.25) is 14.9 Å². The number of carbonyl (C=O) groups excluding carboxylic acids is 2. The van der Waals surface area contributed by atoms with Gasteiger partial charge in [-0.15, -0.1) is 0 Å². The maximum Gasteiger partial charge on any atom is 0.270 e. The number of hydrogen-bond donors (Lipinski definition) is 1. The van der Waals surface area contributed by atoms with Crippen LogP contribution >= 0.6 is 24.0 Å². The Morgan fingerprint density at radius 1 is 0.903 bits per heavy atom. The Labute approximate surface area is 189 Å². The van der Waals surface area contributed by atoms with E-state index < -0.39 is 11.8 Å². The Morgan fingerprint density at radius 2 is 1.55 bits per heavy atom. The van der Waals surface area contributed by atoms with Crippen molar-refractivity contribution < 1.29 is 14.3 Å². The minimum atomic E-state index is -0.524. The van der Waals surface area contributed by atoms with Crippen molar-refractivity contribution in [1.29, 1.82) is 0 Å². The molecule has 0 saturated carbocycles. The van der Waals surface area contributed by atoms with Gasteiger partial charge in [-0.1, -0.05) is 54.2 Å². The standard InChI is InChI=1S/C24H18N2O3S2/c1-29-21-10-6-5-9-20(21)26-23(28)19(22(27)25-24(26)30)15-16-11-13-18(14-12-16)31-17-7-3-2-4-8-17/h2-15H,1H3,(H,25,27,30)/b19-15+. The van der Waals surface area contributed by atoms with Gasteiger partial charge in [0.05, 0.1) is 12.8 Å². The lowest BCUT2D eigenvalue weighted by atomic mass is 10.1. The van der Waals surface area contributed by atoms with Gasteiger partial charge in [0.1, 0.15) is 11.3 Å². The molecule has 3 aromatic rings. The van der Waals surface area contributed by atoms with E-state index in [1.807, 2.05) is 54.6 Å². The second-order valence-electron chi connectivity index (χ2n) is 6.61. The molecule has 0 bridgehead atoms. The zero-order valence-electron chi connectivity index (χ0n) is 16.6. The number of amides is 2. The number of nitrogens with zero attached hydrogens (tertiary/aromatic N) is 1. The molecule has 7 heteroatoms. The maximum atomic E-state index is 13.2. The molecule has 0 unspecified atom stereocenters. The van der Waals surface area contributed by atoms with Gasteiger partial charge in [0, 0.05) is 9.79 Å². The average molecular weight is 447 g/mol. The summed E-state index contributed by atoms with van der Waals surface area (Å²) in [6, 6.07) is 24.7. The molecule has 5 nitrogen and oxygen atoms in total. The van der Waals surface area contributed by atoms with Crippen LogP contribution in [0.4, 0.5) is 5.69 Å². The van der Waals surface area contributed by atoms with Crippen molar-refractivity contribution in [2.45, 2.75) is 9.79 Å². The van der Waals surface area contributed by atoms with Crippen LogP contribution in [0.5, 0.6) is 5.75 Å². The summed E-state index contributed by atoms with van der Waals surface area (Å²) >= 11 is 6.89. The van der Waals surface area contributed by atoms with Crippen LogP contribution in [-0.4, -0.2) is 24.0 Å². The minimum Gasteiger partial charge on any atom is -0.495 e. The maximum absolute atomic E-state index is 13.2. The molecule has 1 fully saturated rings. The quantitative estimate of drug-likeness (QED) is 0.350. The van der Waals surface area contributed by atoms with Crippen molar-refractivity contribution in [3.63, 3.8) is 0 Å². The Bertz CT molecular complexity index is 1170. The van der Waals surface area contributed by atoms with E-state index in [9.17, 15) is 9.59 Å². The lowest BCUT2D eigenvalue weighted by Gasteiger charge is -2.29. The fourth-order valence-electron chi connectivity index (χ4n) is 3.11. The number of thiocarbonyl (C=S) groups is 1. The normalized spacial score (nSPS) is 15.2. The molecule has 4 rings (SSSR count). The van der Waals surface area contributed by atoms with E-state index in [2.05, 4.69) is 5.32 Å². The van der Waals surface area contributed by atoms with Gasteiger partial charge in [0.15, 0.2) is 5.11 Å². The van der Waals surface area contributed by atoms with E-state index in [4.69, 9.17) is 17.0 Å². The number of nitrogens with one attached hydrogen (secondary N) is 1. The van der Waals surface area contributed by atoms with Crippen LogP contribution in [0.25, 0.3) is 6.08 Å². The van der Waals surface area contributed by atoms with Gasteiger partial charge in [-0.25, -0.2) is 4.90 Å².